The first-order valence-corrected chi connectivity index (χ1v) is 8.48. The van der Waals surface area contributed by atoms with Gasteiger partial charge < -0.3 is 5.32 Å². The molecule has 0 radical (unpaired) electrons. The Balaban J connectivity index is 1.49. The summed E-state index contributed by atoms with van der Waals surface area (Å²) in [4.78, 5) is 1.38. The quantitative estimate of drug-likeness (QED) is 0.794. The van der Waals surface area contributed by atoms with Crippen LogP contribution in [0.15, 0.2) is 40.2 Å². The van der Waals surface area contributed by atoms with Crippen molar-refractivity contribution in [2.45, 2.75) is 31.3 Å². The molecule has 0 saturated heterocycles. The Morgan fingerprint density at radius 2 is 2.11 bits per heavy atom. The van der Waals surface area contributed by atoms with E-state index < -0.39 is 0 Å². The van der Waals surface area contributed by atoms with Crippen molar-refractivity contribution in [3.63, 3.8) is 0 Å². The summed E-state index contributed by atoms with van der Waals surface area (Å²) in [5.74, 6) is 0.626. The van der Waals surface area contributed by atoms with Gasteiger partial charge >= 0.3 is 0 Å². The van der Waals surface area contributed by atoms with Crippen molar-refractivity contribution in [3.8, 4) is 0 Å². The molecule has 100 valence electrons. The van der Waals surface area contributed by atoms with Crippen LogP contribution in [0.2, 0.25) is 5.02 Å². The first-order valence-electron chi connectivity index (χ1n) is 6.43. The van der Waals surface area contributed by atoms with Gasteiger partial charge in [-0.1, -0.05) is 29.8 Å². The molecule has 1 aromatic heterocycles. The second-order valence-electron chi connectivity index (χ2n) is 5.00. The summed E-state index contributed by atoms with van der Waals surface area (Å²) in [5.41, 5.74) is 1.31. The van der Waals surface area contributed by atoms with Gasteiger partial charge in [0.25, 0.3) is 0 Å². The number of hydrogen-bond donors (Lipinski definition) is 1. The van der Waals surface area contributed by atoms with E-state index in [1.54, 1.807) is 11.3 Å². The fourth-order valence-corrected chi connectivity index (χ4v) is 4.23. The lowest BCUT2D eigenvalue weighted by molar-refractivity contribution is 0.290. The minimum absolute atomic E-state index is 0.626. The summed E-state index contributed by atoms with van der Waals surface area (Å²) < 4.78 is 1.18. The number of nitrogens with one attached hydrogen (secondary N) is 1. The minimum Gasteiger partial charge on any atom is -0.309 e. The van der Waals surface area contributed by atoms with Crippen LogP contribution >= 0.6 is 38.9 Å². The Labute approximate surface area is 131 Å². The number of thiophene rings is 1. The first kappa shape index (κ1) is 13.6. The highest BCUT2D eigenvalue weighted by molar-refractivity contribution is 9.10. The van der Waals surface area contributed by atoms with Gasteiger partial charge in [0, 0.05) is 32.3 Å². The van der Waals surface area contributed by atoms with E-state index in [4.69, 9.17) is 11.6 Å². The lowest BCUT2D eigenvalue weighted by Gasteiger charge is -2.36. The Morgan fingerprint density at radius 3 is 2.79 bits per heavy atom. The fourth-order valence-electron chi connectivity index (χ4n) is 2.54. The summed E-state index contributed by atoms with van der Waals surface area (Å²) in [6, 6.07) is 11.0. The van der Waals surface area contributed by atoms with E-state index in [9.17, 15) is 0 Å². The summed E-state index contributed by atoms with van der Waals surface area (Å²) in [5, 5.41) is 6.65. The Morgan fingerprint density at radius 1 is 1.32 bits per heavy atom. The molecule has 3 rings (SSSR count). The van der Waals surface area contributed by atoms with Crippen LogP contribution in [-0.2, 0) is 6.54 Å². The highest BCUT2D eigenvalue weighted by Crippen LogP contribution is 2.40. The van der Waals surface area contributed by atoms with Gasteiger partial charge in [0.15, 0.2) is 0 Å². The molecule has 1 saturated carbocycles. The molecule has 1 aliphatic rings. The second kappa shape index (κ2) is 5.96. The molecule has 0 aliphatic heterocycles. The Bertz CT molecular complexity index is 563. The third-order valence-electron chi connectivity index (χ3n) is 3.67. The van der Waals surface area contributed by atoms with Gasteiger partial charge in [-0.05, 0) is 52.4 Å². The van der Waals surface area contributed by atoms with Gasteiger partial charge in [-0.3, -0.25) is 0 Å². The second-order valence-corrected chi connectivity index (χ2v) is 7.32. The van der Waals surface area contributed by atoms with Crippen LogP contribution < -0.4 is 5.32 Å². The van der Waals surface area contributed by atoms with Crippen molar-refractivity contribution in [3.05, 3.63) is 55.6 Å². The van der Waals surface area contributed by atoms with Crippen LogP contribution in [-0.4, -0.2) is 6.04 Å². The number of hydrogen-bond acceptors (Lipinski definition) is 2. The fraction of sp³-hybridized carbons (Fsp3) is 0.333. The smallest absolute Gasteiger partial charge is 0.0440 e. The van der Waals surface area contributed by atoms with E-state index in [1.807, 2.05) is 12.1 Å². The molecule has 1 heterocycles. The van der Waals surface area contributed by atoms with Crippen LogP contribution in [0.3, 0.4) is 0 Å². The average Bonchev–Trinajstić information content (AvgIpc) is 2.75. The molecule has 2 aromatic rings. The average molecular weight is 357 g/mol. The molecule has 1 aromatic carbocycles. The van der Waals surface area contributed by atoms with Crippen molar-refractivity contribution >= 4 is 38.9 Å². The van der Waals surface area contributed by atoms with E-state index in [-0.39, 0.29) is 0 Å². The molecule has 1 N–H and O–H groups in total. The van der Waals surface area contributed by atoms with Gasteiger partial charge in [-0.25, -0.2) is 0 Å². The zero-order chi connectivity index (χ0) is 13.2. The van der Waals surface area contributed by atoms with Crippen LogP contribution in [0, 0.1) is 0 Å². The first-order chi connectivity index (χ1) is 9.22. The molecule has 1 aliphatic carbocycles. The minimum atomic E-state index is 0.626. The highest BCUT2D eigenvalue weighted by Gasteiger charge is 2.30. The van der Waals surface area contributed by atoms with E-state index in [1.165, 1.54) is 27.8 Å². The zero-order valence-electron chi connectivity index (χ0n) is 10.4. The molecular weight excluding hydrogens is 342 g/mol. The number of benzene rings is 1. The van der Waals surface area contributed by atoms with Crippen molar-refractivity contribution < 1.29 is 0 Å². The maximum Gasteiger partial charge on any atom is 0.0440 e. The number of rotatable bonds is 4. The van der Waals surface area contributed by atoms with Crippen LogP contribution in [0.4, 0.5) is 0 Å². The van der Waals surface area contributed by atoms with Crippen LogP contribution in [0.25, 0.3) is 0 Å². The predicted molar refractivity (Wildman–Crippen MR) is 86.1 cm³/mol. The Kier molecular flexibility index (Phi) is 4.27. The highest BCUT2D eigenvalue weighted by atomic mass is 79.9. The maximum absolute atomic E-state index is 6.23. The number of halogens is 2. The molecule has 0 spiro atoms. The zero-order valence-corrected chi connectivity index (χ0v) is 13.6. The maximum atomic E-state index is 6.23. The van der Waals surface area contributed by atoms with Gasteiger partial charge in [0.2, 0.25) is 0 Å². The van der Waals surface area contributed by atoms with Crippen molar-refractivity contribution in [2.75, 3.05) is 0 Å². The molecular formula is C15H15BrClNS. The summed E-state index contributed by atoms with van der Waals surface area (Å²) in [6.07, 6.45) is 2.38. The summed E-state index contributed by atoms with van der Waals surface area (Å²) in [7, 11) is 0. The van der Waals surface area contributed by atoms with Gasteiger partial charge in [0.1, 0.15) is 0 Å². The third-order valence-corrected chi connectivity index (χ3v) is 5.71. The molecule has 0 atom stereocenters. The van der Waals surface area contributed by atoms with Crippen LogP contribution in [0.1, 0.15) is 29.2 Å². The summed E-state index contributed by atoms with van der Waals surface area (Å²) >= 11 is 11.5. The molecule has 1 nitrogen and oxygen atoms in total. The van der Waals surface area contributed by atoms with Gasteiger partial charge in [-0.2, -0.15) is 0 Å². The third kappa shape index (κ3) is 3.22. The molecule has 4 heteroatoms. The normalized spacial score (nSPS) is 22.2. The van der Waals surface area contributed by atoms with Crippen molar-refractivity contribution in [2.24, 2.45) is 0 Å². The van der Waals surface area contributed by atoms with Crippen molar-refractivity contribution in [1.82, 2.24) is 5.32 Å². The van der Waals surface area contributed by atoms with Gasteiger partial charge in [-0.15, -0.1) is 11.3 Å². The monoisotopic (exact) mass is 355 g/mol. The largest absolute Gasteiger partial charge is 0.309 e. The van der Waals surface area contributed by atoms with Crippen molar-refractivity contribution in [1.29, 1.82) is 0 Å². The molecule has 19 heavy (non-hydrogen) atoms. The predicted octanol–water partition coefficient (Wildman–Crippen LogP) is 5.20. The lowest BCUT2D eigenvalue weighted by Crippen LogP contribution is -2.39. The van der Waals surface area contributed by atoms with E-state index in [0.29, 0.717) is 12.0 Å². The SMILES string of the molecule is Clc1ccccc1C1CC(NCc2cc(Br)cs2)C1. The lowest BCUT2D eigenvalue weighted by atomic mass is 9.76. The standard InChI is InChI=1S/C15H15BrClNS/c16-11-7-13(19-9-11)8-18-12-5-10(6-12)14-3-1-2-4-15(14)17/h1-4,7,9-10,12,18H,5-6,8H2. The Hall–Kier alpha value is -0.350. The van der Waals surface area contributed by atoms with E-state index in [2.05, 4.69) is 44.8 Å². The summed E-state index contributed by atoms with van der Waals surface area (Å²) in [6.45, 7) is 0.968. The molecule has 0 unspecified atom stereocenters. The molecule has 0 amide bonds. The topological polar surface area (TPSA) is 12.0 Å². The van der Waals surface area contributed by atoms with Gasteiger partial charge in [0.05, 0.1) is 0 Å². The van der Waals surface area contributed by atoms with E-state index in [0.717, 1.165) is 11.6 Å². The van der Waals surface area contributed by atoms with Crippen LogP contribution in [0.5, 0.6) is 0 Å². The van der Waals surface area contributed by atoms with E-state index >= 15 is 0 Å². The molecule has 1 fully saturated rings. The molecule has 0 bridgehead atoms.